The number of ether oxygens (including phenoxy) is 2. The summed E-state index contributed by atoms with van der Waals surface area (Å²) in [6, 6.07) is 10.1. The monoisotopic (exact) mass is 437 g/mol. The lowest BCUT2D eigenvalue weighted by Crippen LogP contribution is -2.37. The van der Waals surface area contributed by atoms with Crippen LogP contribution < -0.4 is 24.8 Å². The predicted molar refractivity (Wildman–Crippen MR) is 113 cm³/mol. The van der Waals surface area contributed by atoms with Crippen LogP contribution in [-0.2, 0) is 10.0 Å². The van der Waals surface area contributed by atoms with Crippen LogP contribution in [0.3, 0.4) is 0 Å². The Bertz CT molecular complexity index is 1030. The molecule has 0 bridgehead atoms. The zero-order chi connectivity index (χ0) is 22.1. The molecule has 0 spiro atoms. The minimum absolute atomic E-state index is 0.0393. The first-order valence-corrected chi connectivity index (χ1v) is 10.2. The fourth-order valence-electron chi connectivity index (χ4n) is 2.44. The summed E-state index contributed by atoms with van der Waals surface area (Å²) in [7, 11) is 0.763. The minimum atomic E-state index is -3.88. The summed E-state index contributed by atoms with van der Waals surface area (Å²) >= 11 is 0. The molecule has 0 atom stereocenters. The van der Waals surface area contributed by atoms with Crippen LogP contribution in [0, 0.1) is 10.1 Å². The molecule has 2 rings (SSSR count). The standard InChI is InChI=1S/C18H23N5O6S/c1-19-18(22-13-7-8-16(28-2)17(11-13)29-3)20-9-10-21-30(26,27)15-6-4-5-14(12-15)23(24)25/h4-8,11-12,21H,9-10H2,1-3H3,(H2,19,20,22). The zero-order valence-corrected chi connectivity index (χ0v) is 17.5. The van der Waals surface area contributed by atoms with Gasteiger partial charge in [-0.1, -0.05) is 6.07 Å². The third-order valence-electron chi connectivity index (χ3n) is 3.92. The second-order valence-corrected chi connectivity index (χ2v) is 7.61. The molecule has 0 saturated heterocycles. The summed E-state index contributed by atoms with van der Waals surface area (Å²) in [6.45, 7) is 0.263. The number of nitrogens with one attached hydrogen (secondary N) is 3. The topological polar surface area (TPSA) is 144 Å². The summed E-state index contributed by atoms with van der Waals surface area (Å²) < 4.78 is 37.4. The van der Waals surface area contributed by atoms with Gasteiger partial charge in [-0.05, 0) is 18.2 Å². The van der Waals surface area contributed by atoms with Crippen LogP contribution in [-0.4, -0.2) is 53.7 Å². The van der Waals surface area contributed by atoms with Gasteiger partial charge in [-0.3, -0.25) is 15.1 Å². The van der Waals surface area contributed by atoms with E-state index in [0.29, 0.717) is 23.1 Å². The van der Waals surface area contributed by atoms with Crippen LogP contribution >= 0.6 is 0 Å². The van der Waals surface area contributed by atoms with Crippen molar-refractivity contribution in [1.82, 2.24) is 10.0 Å². The second kappa shape index (κ2) is 10.4. The largest absolute Gasteiger partial charge is 0.493 e. The van der Waals surface area contributed by atoms with E-state index in [-0.39, 0.29) is 23.7 Å². The number of benzene rings is 2. The number of sulfonamides is 1. The van der Waals surface area contributed by atoms with Gasteiger partial charge in [-0.2, -0.15) is 0 Å². The van der Waals surface area contributed by atoms with Crippen molar-refractivity contribution in [2.45, 2.75) is 4.90 Å². The number of nitro benzene ring substituents is 1. The Morgan fingerprint density at radius 2 is 1.83 bits per heavy atom. The van der Waals surface area contributed by atoms with Crippen molar-refractivity contribution < 1.29 is 22.8 Å². The normalized spacial score (nSPS) is 11.6. The highest BCUT2D eigenvalue weighted by molar-refractivity contribution is 7.89. The van der Waals surface area contributed by atoms with Crippen LogP contribution in [0.15, 0.2) is 52.4 Å². The smallest absolute Gasteiger partial charge is 0.270 e. The Morgan fingerprint density at radius 1 is 1.10 bits per heavy atom. The Kier molecular flexibility index (Phi) is 7.95. The average molecular weight is 437 g/mol. The van der Waals surface area contributed by atoms with Gasteiger partial charge in [0.05, 0.1) is 24.0 Å². The number of rotatable bonds is 9. The Balaban J connectivity index is 1.92. The van der Waals surface area contributed by atoms with Gasteiger partial charge in [-0.15, -0.1) is 0 Å². The first-order valence-electron chi connectivity index (χ1n) is 8.74. The summed E-state index contributed by atoms with van der Waals surface area (Å²) in [4.78, 5) is 14.1. The number of methoxy groups -OCH3 is 2. The molecule has 0 radical (unpaired) electrons. The maximum Gasteiger partial charge on any atom is 0.270 e. The quantitative estimate of drug-likeness (QED) is 0.176. The number of hydrogen-bond donors (Lipinski definition) is 3. The fourth-order valence-corrected chi connectivity index (χ4v) is 3.51. The third kappa shape index (κ3) is 6.06. The van der Waals surface area contributed by atoms with Crippen molar-refractivity contribution in [1.29, 1.82) is 0 Å². The first kappa shape index (κ1) is 22.9. The van der Waals surface area contributed by atoms with Gasteiger partial charge in [0.25, 0.3) is 5.69 Å². The van der Waals surface area contributed by atoms with E-state index in [1.54, 1.807) is 32.4 Å². The highest BCUT2D eigenvalue weighted by atomic mass is 32.2. The summed E-state index contributed by atoms with van der Waals surface area (Å²) in [5.74, 6) is 1.54. The minimum Gasteiger partial charge on any atom is -0.493 e. The van der Waals surface area contributed by atoms with E-state index in [0.717, 1.165) is 6.07 Å². The maximum absolute atomic E-state index is 12.3. The van der Waals surface area contributed by atoms with E-state index in [4.69, 9.17) is 9.47 Å². The Hall–Kier alpha value is -3.38. The molecule has 0 aliphatic rings. The number of aliphatic imine (C=N–C) groups is 1. The number of anilines is 1. The molecule has 162 valence electrons. The molecule has 12 heteroatoms. The number of hydrogen-bond acceptors (Lipinski definition) is 7. The molecule has 0 unspecified atom stereocenters. The van der Waals surface area contributed by atoms with Gasteiger partial charge in [0, 0.05) is 44.0 Å². The fraction of sp³-hybridized carbons (Fsp3) is 0.278. The molecule has 0 aromatic heterocycles. The molecule has 0 aliphatic heterocycles. The number of guanidine groups is 1. The van der Waals surface area contributed by atoms with Gasteiger partial charge in [0.15, 0.2) is 17.5 Å². The molecular weight excluding hydrogens is 414 g/mol. The SMILES string of the molecule is CN=C(NCCNS(=O)(=O)c1cccc([N+](=O)[O-])c1)Nc1ccc(OC)c(OC)c1. The Morgan fingerprint density at radius 3 is 2.47 bits per heavy atom. The molecule has 2 aromatic carbocycles. The second-order valence-electron chi connectivity index (χ2n) is 5.85. The molecule has 0 heterocycles. The molecule has 2 aromatic rings. The summed E-state index contributed by atoms with van der Waals surface area (Å²) in [5, 5.41) is 16.8. The molecule has 0 aliphatic carbocycles. The molecule has 0 amide bonds. The molecule has 11 nitrogen and oxygen atoms in total. The maximum atomic E-state index is 12.3. The van der Waals surface area contributed by atoms with E-state index in [9.17, 15) is 18.5 Å². The third-order valence-corrected chi connectivity index (χ3v) is 5.38. The molecule has 3 N–H and O–H groups in total. The van der Waals surface area contributed by atoms with E-state index >= 15 is 0 Å². The van der Waals surface area contributed by atoms with Crippen molar-refractivity contribution in [2.24, 2.45) is 4.99 Å². The van der Waals surface area contributed by atoms with Crippen molar-refractivity contribution in [2.75, 3.05) is 39.7 Å². The lowest BCUT2D eigenvalue weighted by atomic mass is 10.3. The van der Waals surface area contributed by atoms with Crippen molar-refractivity contribution in [3.8, 4) is 11.5 Å². The van der Waals surface area contributed by atoms with Crippen LogP contribution in [0.25, 0.3) is 0 Å². The lowest BCUT2D eigenvalue weighted by molar-refractivity contribution is -0.385. The molecular formula is C18H23N5O6S. The molecule has 0 fully saturated rings. The number of nitrogens with zero attached hydrogens (tertiary/aromatic N) is 2. The predicted octanol–water partition coefficient (Wildman–Crippen LogP) is 1.58. The number of non-ortho nitro benzene ring substituents is 1. The van der Waals surface area contributed by atoms with Crippen molar-refractivity contribution in [3.05, 3.63) is 52.6 Å². The van der Waals surface area contributed by atoms with Crippen LogP contribution in [0.4, 0.5) is 11.4 Å². The highest BCUT2D eigenvalue weighted by Gasteiger charge is 2.17. The van der Waals surface area contributed by atoms with Gasteiger partial charge in [0.2, 0.25) is 10.0 Å². The Labute approximate surface area is 174 Å². The highest BCUT2D eigenvalue weighted by Crippen LogP contribution is 2.29. The number of nitro groups is 1. The van der Waals surface area contributed by atoms with Gasteiger partial charge in [0.1, 0.15) is 0 Å². The zero-order valence-electron chi connectivity index (χ0n) is 16.7. The van der Waals surface area contributed by atoms with E-state index in [2.05, 4.69) is 20.3 Å². The molecule has 30 heavy (non-hydrogen) atoms. The molecule has 0 saturated carbocycles. The average Bonchev–Trinajstić information content (AvgIpc) is 2.75. The van der Waals surface area contributed by atoms with E-state index in [1.807, 2.05) is 0 Å². The summed E-state index contributed by atoms with van der Waals surface area (Å²) in [6.07, 6.45) is 0. The van der Waals surface area contributed by atoms with E-state index in [1.165, 1.54) is 25.3 Å². The van der Waals surface area contributed by atoms with Crippen LogP contribution in [0.1, 0.15) is 0 Å². The van der Waals surface area contributed by atoms with Gasteiger partial charge >= 0.3 is 0 Å². The van der Waals surface area contributed by atoms with Crippen molar-refractivity contribution >= 4 is 27.4 Å². The van der Waals surface area contributed by atoms with E-state index < -0.39 is 14.9 Å². The lowest BCUT2D eigenvalue weighted by Gasteiger charge is -2.14. The summed E-state index contributed by atoms with van der Waals surface area (Å²) in [5.41, 5.74) is 0.397. The van der Waals surface area contributed by atoms with Gasteiger partial charge < -0.3 is 20.1 Å². The van der Waals surface area contributed by atoms with Crippen LogP contribution in [0.2, 0.25) is 0 Å². The first-order chi connectivity index (χ1) is 14.3. The van der Waals surface area contributed by atoms with Gasteiger partial charge in [-0.25, -0.2) is 13.1 Å². The van der Waals surface area contributed by atoms with Crippen LogP contribution in [0.5, 0.6) is 11.5 Å². The van der Waals surface area contributed by atoms with Crippen molar-refractivity contribution in [3.63, 3.8) is 0 Å².